The molecule has 2 atom stereocenters. The van der Waals surface area contributed by atoms with Crippen molar-refractivity contribution in [1.82, 2.24) is 5.32 Å². The van der Waals surface area contributed by atoms with Gasteiger partial charge in [-0.15, -0.1) is 0 Å². The van der Waals surface area contributed by atoms with E-state index in [4.69, 9.17) is 4.74 Å². The molecule has 1 N–H and O–H groups in total. The van der Waals surface area contributed by atoms with Crippen molar-refractivity contribution in [2.45, 2.75) is 69.6 Å². The maximum atomic E-state index is 13.1. The Hall–Kier alpha value is -0.930. The van der Waals surface area contributed by atoms with E-state index < -0.39 is 0 Å². The van der Waals surface area contributed by atoms with Crippen molar-refractivity contribution < 1.29 is 9.13 Å². The summed E-state index contributed by atoms with van der Waals surface area (Å²) in [5.41, 5.74) is 1.24. The van der Waals surface area contributed by atoms with E-state index in [9.17, 15) is 4.39 Å². The lowest BCUT2D eigenvalue weighted by atomic mass is 9.91. The maximum Gasteiger partial charge on any atom is 0.123 e. The molecule has 3 heteroatoms. The Kier molecular flexibility index (Phi) is 4.32. The highest BCUT2D eigenvalue weighted by Crippen LogP contribution is 2.35. The van der Waals surface area contributed by atoms with Crippen molar-refractivity contribution in [3.05, 3.63) is 35.6 Å². The van der Waals surface area contributed by atoms with Crippen LogP contribution in [0.2, 0.25) is 0 Å². The number of hydrogen-bond acceptors (Lipinski definition) is 2. The molecular weight excluding hydrogens is 265 g/mol. The average Bonchev–Trinajstić information content (AvgIpc) is 3.20. The molecule has 1 aromatic rings. The zero-order chi connectivity index (χ0) is 14.9. The third kappa shape index (κ3) is 4.27. The summed E-state index contributed by atoms with van der Waals surface area (Å²) in [6.45, 7) is 5.31. The van der Waals surface area contributed by atoms with Gasteiger partial charge in [-0.1, -0.05) is 12.1 Å². The van der Waals surface area contributed by atoms with Crippen LogP contribution in [0.3, 0.4) is 0 Å². The van der Waals surface area contributed by atoms with Gasteiger partial charge >= 0.3 is 0 Å². The second kappa shape index (κ2) is 6.05. The van der Waals surface area contributed by atoms with Crippen LogP contribution in [0.15, 0.2) is 24.3 Å². The van der Waals surface area contributed by atoms with Crippen molar-refractivity contribution in [2.24, 2.45) is 0 Å². The van der Waals surface area contributed by atoms with Gasteiger partial charge in [-0.2, -0.15) is 0 Å². The normalized spacial score (nSPS) is 26.0. The van der Waals surface area contributed by atoms with Gasteiger partial charge in [-0.05, 0) is 69.6 Å². The molecule has 116 valence electrons. The molecule has 2 nitrogen and oxygen atoms in total. The third-order valence-electron chi connectivity index (χ3n) is 4.67. The standard InChI is InChI=1S/C18H26FNO/c1-18(2)10-9-17(21-18)11-14(12-20-16-7-8-16)13-3-5-15(19)6-4-13/h3-6,14,16-17,20H,7-12H2,1-2H3. The summed E-state index contributed by atoms with van der Waals surface area (Å²) in [4.78, 5) is 0. The number of benzene rings is 1. The molecule has 2 unspecified atom stereocenters. The summed E-state index contributed by atoms with van der Waals surface area (Å²) in [5, 5.41) is 3.62. The van der Waals surface area contributed by atoms with Gasteiger partial charge in [-0.25, -0.2) is 4.39 Å². The van der Waals surface area contributed by atoms with Crippen LogP contribution in [-0.4, -0.2) is 24.3 Å². The molecule has 1 aliphatic heterocycles. The van der Waals surface area contributed by atoms with Gasteiger partial charge in [0.15, 0.2) is 0 Å². The Morgan fingerprint density at radius 3 is 2.52 bits per heavy atom. The van der Waals surface area contributed by atoms with E-state index in [2.05, 4.69) is 19.2 Å². The first-order valence-corrected chi connectivity index (χ1v) is 8.18. The number of rotatable bonds is 6. The number of halogens is 1. The van der Waals surface area contributed by atoms with Crippen molar-refractivity contribution in [2.75, 3.05) is 6.54 Å². The first-order chi connectivity index (χ1) is 10.0. The van der Waals surface area contributed by atoms with Crippen LogP contribution >= 0.6 is 0 Å². The zero-order valence-electron chi connectivity index (χ0n) is 13.1. The molecule has 1 heterocycles. The minimum absolute atomic E-state index is 0.0158. The molecule has 0 spiro atoms. The van der Waals surface area contributed by atoms with E-state index >= 15 is 0 Å². The molecule has 0 aromatic heterocycles. The van der Waals surface area contributed by atoms with Crippen molar-refractivity contribution >= 4 is 0 Å². The lowest BCUT2D eigenvalue weighted by molar-refractivity contribution is -0.0209. The fourth-order valence-electron chi connectivity index (χ4n) is 3.23. The van der Waals surface area contributed by atoms with Gasteiger partial charge in [0.25, 0.3) is 0 Å². The predicted molar refractivity (Wildman–Crippen MR) is 83.0 cm³/mol. The van der Waals surface area contributed by atoms with Crippen LogP contribution in [0, 0.1) is 5.82 Å². The Balaban J connectivity index is 1.64. The minimum Gasteiger partial charge on any atom is -0.372 e. The summed E-state index contributed by atoms with van der Waals surface area (Å²) in [7, 11) is 0. The van der Waals surface area contributed by atoms with Crippen molar-refractivity contribution in [3.8, 4) is 0 Å². The smallest absolute Gasteiger partial charge is 0.123 e. The van der Waals surface area contributed by atoms with E-state index in [1.807, 2.05) is 12.1 Å². The summed E-state index contributed by atoms with van der Waals surface area (Å²) in [6.07, 6.45) is 6.20. The van der Waals surface area contributed by atoms with E-state index in [-0.39, 0.29) is 11.4 Å². The van der Waals surface area contributed by atoms with Crippen LogP contribution in [0.4, 0.5) is 4.39 Å². The van der Waals surface area contributed by atoms with E-state index in [1.54, 1.807) is 12.1 Å². The molecule has 1 saturated heterocycles. The van der Waals surface area contributed by atoms with Gasteiger partial charge in [0.05, 0.1) is 11.7 Å². The van der Waals surface area contributed by atoms with Gasteiger partial charge in [0, 0.05) is 12.6 Å². The highest BCUT2D eigenvalue weighted by Gasteiger charge is 2.33. The van der Waals surface area contributed by atoms with E-state index in [1.165, 1.54) is 18.4 Å². The molecule has 2 fully saturated rings. The highest BCUT2D eigenvalue weighted by atomic mass is 19.1. The first-order valence-electron chi connectivity index (χ1n) is 8.18. The average molecular weight is 291 g/mol. The van der Waals surface area contributed by atoms with Crippen LogP contribution < -0.4 is 5.32 Å². The number of hydrogen-bond donors (Lipinski definition) is 1. The largest absolute Gasteiger partial charge is 0.372 e. The molecular formula is C18H26FNO. The summed E-state index contributed by atoms with van der Waals surface area (Å²) in [6, 6.07) is 7.69. The van der Waals surface area contributed by atoms with Crippen LogP contribution in [0.1, 0.15) is 57.4 Å². The van der Waals surface area contributed by atoms with E-state index in [0.29, 0.717) is 18.1 Å². The summed E-state index contributed by atoms with van der Waals surface area (Å²) >= 11 is 0. The molecule has 0 amide bonds. The van der Waals surface area contributed by atoms with Crippen LogP contribution in [0.25, 0.3) is 0 Å². The van der Waals surface area contributed by atoms with Crippen molar-refractivity contribution in [3.63, 3.8) is 0 Å². The lowest BCUT2D eigenvalue weighted by Gasteiger charge is -2.24. The first kappa shape index (κ1) is 15.0. The van der Waals surface area contributed by atoms with E-state index in [0.717, 1.165) is 25.8 Å². The molecule has 0 bridgehead atoms. The quantitative estimate of drug-likeness (QED) is 0.855. The lowest BCUT2D eigenvalue weighted by Crippen LogP contribution is -2.27. The fourth-order valence-corrected chi connectivity index (χ4v) is 3.23. The molecule has 1 saturated carbocycles. The van der Waals surface area contributed by atoms with Gasteiger partial charge in [-0.3, -0.25) is 0 Å². The van der Waals surface area contributed by atoms with Gasteiger partial charge in [0.1, 0.15) is 5.82 Å². The van der Waals surface area contributed by atoms with Gasteiger partial charge < -0.3 is 10.1 Å². The van der Waals surface area contributed by atoms with Crippen molar-refractivity contribution in [1.29, 1.82) is 0 Å². The number of ether oxygens (including phenoxy) is 1. The Morgan fingerprint density at radius 1 is 1.24 bits per heavy atom. The maximum absolute atomic E-state index is 13.1. The molecule has 1 aromatic carbocycles. The van der Waals surface area contributed by atoms with Gasteiger partial charge in [0.2, 0.25) is 0 Å². The number of nitrogens with one attached hydrogen (secondary N) is 1. The molecule has 0 radical (unpaired) electrons. The fraction of sp³-hybridized carbons (Fsp3) is 0.667. The third-order valence-corrected chi connectivity index (χ3v) is 4.67. The predicted octanol–water partition coefficient (Wildman–Crippen LogP) is 4.01. The Morgan fingerprint density at radius 2 is 1.95 bits per heavy atom. The van der Waals surface area contributed by atoms with Crippen LogP contribution in [0.5, 0.6) is 0 Å². The SMILES string of the molecule is CC1(C)CCC(CC(CNC2CC2)c2ccc(F)cc2)O1. The topological polar surface area (TPSA) is 21.3 Å². The Bertz CT molecular complexity index is 467. The van der Waals surface area contributed by atoms with Crippen LogP contribution in [-0.2, 0) is 4.74 Å². The molecule has 2 aliphatic rings. The second-order valence-electron chi connectivity index (χ2n) is 7.20. The summed E-state index contributed by atoms with van der Waals surface area (Å²) < 4.78 is 19.3. The zero-order valence-corrected chi connectivity index (χ0v) is 13.1. The monoisotopic (exact) mass is 291 g/mol. The summed E-state index contributed by atoms with van der Waals surface area (Å²) in [5.74, 6) is 0.246. The highest BCUT2D eigenvalue weighted by molar-refractivity contribution is 5.21. The molecule has 3 rings (SSSR count). The Labute approximate surface area is 127 Å². The molecule has 1 aliphatic carbocycles. The molecule has 21 heavy (non-hydrogen) atoms. The minimum atomic E-state index is -0.161. The second-order valence-corrected chi connectivity index (χ2v) is 7.20.